The number of nitrogens with zero attached hydrogens (tertiary/aromatic N) is 1. The summed E-state index contributed by atoms with van der Waals surface area (Å²) in [6.07, 6.45) is 6.52. The van der Waals surface area contributed by atoms with E-state index in [4.69, 9.17) is 28.9 Å². The maximum absolute atomic E-state index is 12.0. The van der Waals surface area contributed by atoms with E-state index in [1.54, 1.807) is 23.1 Å². The van der Waals surface area contributed by atoms with Crippen molar-refractivity contribution in [1.29, 1.82) is 0 Å². The van der Waals surface area contributed by atoms with E-state index in [1.807, 2.05) is 27.7 Å². The second kappa shape index (κ2) is 14.8. The SMILES string of the molecule is C#Cc1ccc(CNC=O)c(Cl)c1.CC.CC(C)(CCO)C(N)C(=O)N1CCC(O)C1. The van der Waals surface area contributed by atoms with Crippen molar-refractivity contribution in [2.24, 2.45) is 11.1 Å². The lowest BCUT2D eigenvalue weighted by atomic mass is 9.81. The summed E-state index contributed by atoms with van der Waals surface area (Å²) in [7, 11) is 0. The van der Waals surface area contributed by atoms with Crippen molar-refractivity contribution >= 4 is 23.9 Å². The highest BCUT2D eigenvalue weighted by atomic mass is 35.5. The number of hydrogen-bond donors (Lipinski definition) is 4. The summed E-state index contributed by atoms with van der Waals surface area (Å²) in [5.74, 6) is 2.35. The third kappa shape index (κ3) is 9.70. The molecule has 2 unspecified atom stereocenters. The Balaban J connectivity index is 0.000000547. The molecule has 1 aliphatic heterocycles. The van der Waals surface area contributed by atoms with Gasteiger partial charge >= 0.3 is 0 Å². The van der Waals surface area contributed by atoms with Crippen LogP contribution in [-0.2, 0) is 16.1 Å². The summed E-state index contributed by atoms with van der Waals surface area (Å²) >= 11 is 5.89. The first-order chi connectivity index (χ1) is 14.7. The van der Waals surface area contributed by atoms with Gasteiger partial charge in [-0.25, -0.2) is 0 Å². The molecule has 0 aliphatic carbocycles. The summed E-state index contributed by atoms with van der Waals surface area (Å²) in [4.78, 5) is 23.7. The lowest BCUT2D eigenvalue weighted by Crippen LogP contribution is -2.51. The number of aliphatic hydroxyl groups excluding tert-OH is 2. The molecule has 31 heavy (non-hydrogen) atoms. The molecule has 0 spiro atoms. The molecule has 2 rings (SSSR count). The molecule has 7 nitrogen and oxygen atoms in total. The van der Waals surface area contributed by atoms with E-state index in [0.29, 0.717) is 43.9 Å². The maximum Gasteiger partial charge on any atom is 0.240 e. The topological polar surface area (TPSA) is 116 Å². The van der Waals surface area contributed by atoms with Crippen LogP contribution in [0, 0.1) is 17.8 Å². The predicted octanol–water partition coefficient (Wildman–Crippen LogP) is 1.91. The average Bonchev–Trinajstić information content (AvgIpc) is 3.20. The number of terminal acetylenes is 1. The van der Waals surface area contributed by atoms with E-state index in [9.17, 15) is 14.7 Å². The van der Waals surface area contributed by atoms with Gasteiger partial charge in [-0.3, -0.25) is 9.59 Å². The molecule has 1 saturated heterocycles. The molecule has 0 saturated carbocycles. The molecule has 0 bridgehead atoms. The van der Waals surface area contributed by atoms with Crippen LogP contribution in [0.4, 0.5) is 0 Å². The highest BCUT2D eigenvalue weighted by Gasteiger charge is 2.36. The number of halogens is 1. The molecule has 2 amide bonds. The van der Waals surface area contributed by atoms with Gasteiger partial charge in [-0.1, -0.05) is 51.3 Å². The summed E-state index contributed by atoms with van der Waals surface area (Å²) in [6.45, 7) is 9.14. The molecule has 8 heteroatoms. The van der Waals surface area contributed by atoms with Crippen LogP contribution in [-0.4, -0.2) is 59.3 Å². The van der Waals surface area contributed by atoms with Crippen LogP contribution < -0.4 is 11.1 Å². The molecule has 1 aromatic carbocycles. The van der Waals surface area contributed by atoms with E-state index >= 15 is 0 Å². The second-order valence-electron chi connectivity index (χ2n) is 7.62. The van der Waals surface area contributed by atoms with Gasteiger partial charge in [-0.05, 0) is 36.0 Å². The van der Waals surface area contributed by atoms with Gasteiger partial charge in [0.05, 0.1) is 12.1 Å². The molecule has 5 N–H and O–H groups in total. The largest absolute Gasteiger partial charge is 0.396 e. The van der Waals surface area contributed by atoms with E-state index < -0.39 is 17.6 Å². The van der Waals surface area contributed by atoms with E-state index in [2.05, 4.69) is 11.2 Å². The Hall–Kier alpha value is -2.11. The van der Waals surface area contributed by atoms with Gasteiger partial charge in [0.1, 0.15) is 0 Å². The summed E-state index contributed by atoms with van der Waals surface area (Å²) in [5, 5.41) is 21.4. The van der Waals surface area contributed by atoms with Gasteiger partial charge in [0.2, 0.25) is 12.3 Å². The number of benzene rings is 1. The number of amides is 2. The van der Waals surface area contributed by atoms with Gasteiger partial charge in [0, 0.05) is 36.8 Å². The Morgan fingerprint density at radius 3 is 2.58 bits per heavy atom. The fourth-order valence-electron chi connectivity index (χ4n) is 2.85. The molecule has 1 heterocycles. The molecular weight excluding hydrogens is 418 g/mol. The Labute approximate surface area is 191 Å². The van der Waals surface area contributed by atoms with Gasteiger partial charge in [-0.15, -0.1) is 6.42 Å². The first kappa shape index (κ1) is 28.9. The number of rotatable bonds is 7. The van der Waals surface area contributed by atoms with Crippen LogP contribution >= 0.6 is 11.6 Å². The standard InChI is InChI=1S/C11H22N2O3.C10H8ClNO.C2H6/c1-11(2,4-6-14)9(12)10(16)13-5-3-8(15)7-13;1-2-8-3-4-9(6-12-7-13)10(11)5-8;1-2/h8-9,14-15H,3-7,12H2,1-2H3;1,3-5,7H,6H2,(H,12,13);1-2H3. The van der Waals surface area contributed by atoms with Crippen LogP contribution in [0.2, 0.25) is 5.02 Å². The van der Waals surface area contributed by atoms with Crippen LogP contribution in [0.25, 0.3) is 0 Å². The van der Waals surface area contributed by atoms with Crippen molar-refractivity contribution in [3.05, 3.63) is 34.3 Å². The number of nitrogens with two attached hydrogens (primary N) is 1. The highest BCUT2D eigenvalue weighted by molar-refractivity contribution is 6.31. The number of carbonyl (C=O) groups is 2. The molecular formula is C23H36ClN3O4. The number of β-amino-alcohol motifs (C(OH)–C–C–N with tert-alkyl or cyclic N) is 1. The van der Waals surface area contributed by atoms with Gasteiger partial charge in [0.25, 0.3) is 0 Å². The van der Waals surface area contributed by atoms with E-state index in [0.717, 1.165) is 11.1 Å². The van der Waals surface area contributed by atoms with Gasteiger partial charge < -0.3 is 26.2 Å². The summed E-state index contributed by atoms with van der Waals surface area (Å²) in [5.41, 5.74) is 7.10. The molecule has 2 atom stereocenters. The Morgan fingerprint density at radius 2 is 2.13 bits per heavy atom. The molecule has 1 fully saturated rings. The monoisotopic (exact) mass is 453 g/mol. The molecule has 174 valence electrons. The zero-order chi connectivity index (χ0) is 24.0. The van der Waals surface area contributed by atoms with E-state index in [-0.39, 0.29) is 12.5 Å². The number of aliphatic hydroxyl groups is 2. The number of likely N-dealkylation sites (tertiary alicyclic amines) is 1. The minimum atomic E-state index is -0.620. The van der Waals surface area contributed by atoms with E-state index in [1.165, 1.54) is 0 Å². The first-order valence-corrected chi connectivity index (χ1v) is 10.8. The predicted molar refractivity (Wildman–Crippen MR) is 124 cm³/mol. The van der Waals surface area contributed by atoms with Crippen molar-refractivity contribution < 1.29 is 19.8 Å². The smallest absolute Gasteiger partial charge is 0.240 e. The third-order valence-corrected chi connectivity index (χ3v) is 5.29. The normalized spacial score (nSPS) is 16.1. The van der Waals surface area contributed by atoms with Crippen LogP contribution in [0.3, 0.4) is 0 Å². The Kier molecular flexibility index (Phi) is 13.8. The van der Waals surface area contributed by atoms with Crippen LogP contribution in [0.5, 0.6) is 0 Å². The fourth-order valence-corrected chi connectivity index (χ4v) is 3.10. The number of carbonyl (C=O) groups excluding carboxylic acids is 2. The summed E-state index contributed by atoms with van der Waals surface area (Å²) in [6, 6.07) is 4.66. The third-order valence-electron chi connectivity index (χ3n) is 4.93. The van der Waals surface area contributed by atoms with Crippen LogP contribution in [0.15, 0.2) is 18.2 Å². The number of nitrogens with one attached hydrogen (secondary N) is 1. The zero-order valence-corrected chi connectivity index (χ0v) is 19.7. The van der Waals surface area contributed by atoms with Crippen LogP contribution in [0.1, 0.15) is 51.7 Å². The summed E-state index contributed by atoms with van der Waals surface area (Å²) < 4.78 is 0. The van der Waals surface area contributed by atoms with Crippen molar-refractivity contribution in [3.8, 4) is 12.3 Å². The maximum atomic E-state index is 12.0. The number of hydrogen-bond acceptors (Lipinski definition) is 5. The lowest BCUT2D eigenvalue weighted by molar-refractivity contribution is -0.134. The van der Waals surface area contributed by atoms with Crippen molar-refractivity contribution in [2.45, 2.75) is 59.2 Å². The Morgan fingerprint density at radius 1 is 1.48 bits per heavy atom. The van der Waals surface area contributed by atoms with Gasteiger partial charge in [0.15, 0.2) is 0 Å². The van der Waals surface area contributed by atoms with Gasteiger partial charge in [-0.2, -0.15) is 0 Å². The highest BCUT2D eigenvalue weighted by Crippen LogP contribution is 2.25. The Bertz CT molecular complexity index is 734. The van der Waals surface area contributed by atoms with Crippen molar-refractivity contribution in [3.63, 3.8) is 0 Å². The average molecular weight is 454 g/mol. The zero-order valence-electron chi connectivity index (χ0n) is 18.9. The fraction of sp³-hybridized carbons (Fsp3) is 0.565. The molecule has 1 aliphatic rings. The molecule has 0 aromatic heterocycles. The van der Waals surface area contributed by atoms with Crippen molar-refractivity contribution in [2.75, 3.05) is 19.7 Å². The minimum Gasteiger partial charge on any atom is -0.396 e. The minimum absolute atomic E-state index is 0.0244. The quantitative estimate of drug-likeness (QED) is 0.371. The second-order valence-corrected chi connectivity index (χ2v) is 8.02. The molecule has 0 radical (unpaired) electrons. The first-order valence-electron chi connectivity index (χ1n) is 10.4. The molecule has 1 aromatic rings. The lowest BCUT2D eigenvalue weighted by Gasteiger charge is -2.32. The van der Waals surface area contributed by atoms with Crippen molar-refractivity contribution in [1.82, 2.24) is 10.2 Å².